The second-order valence-corrected chi connectivity index (χ2v) is 3.30. The molecule has 0 saturated heterocycles. The van der Waals surface area contributed by atoms with E-state index < -0.39 is 11.7 Å². The molecule has 0 spiro atoms. The van der Waals surface area contributed by atoms with Crippen LogP contribution in [0.1, 0.15) is 23.1 Å². The van der Waals surface area contributed by atoms with Gasteiger partial charge in [0.25, 0.3) is 5.92 Å². The summed E-state index contributed by atoms with van der Waals surface area (Å²) >= 11 is 0. The highest BCUT2D eigenvalue weighted by molar-refractivity contribution is 5.44. The first-order chi connectivity index (χ1) is 6.54. The Morgan fingerprint density at radius 3 is 2.71 bits per heavy atom. The van der Waals surface area contributed by atoms with Crippen LogP contribution in [-0.4, -0.2) is 0 Å². The van der Waals surface area contributed by atoms with Crippen LogP contribution >= 0.6 is 0 Å². The molecule has 0 saturated carbocycles. The van der Waals surface area contributed by atoms with Crippen LogP contribution in [0, 0.1) is 17.1 Å². The van der Waals surface area contributed by atoms with Crippen molar-refractivity contribution in [1.29, 1.82) is 5.26 Å². The molecule has 1 nitrogen and oxygen atoms in total. The maximum Gasteiger partial charge on any atom is 0.274 e. The van der Waals surface area contributed by atoms with Crippen LogP contribution in [0.25, 0.3) is 0 Å². The van der Waals surface area contributed by atoms with E-state index in [4.69, 9.17) is 5.26 Å². The standard InChI is InChI=1S/C10H6F3N/c11-9-4-6(5-14)3-8-7(9)1-2-10(8,12)13/h3-4H,1-2H2. The molecule has 1 aromatic carbocycles. The molecule has 0 bridgehead atoms. The third kappa shape index (κ3) is 1.17. The van der Waals surface area contributed by atoms with Gasteiger partial charge in [0, 0.05) is 12.0 Å². The van der Waals surface area contributed by atoms with Crippen molar-refractivity contribution in [1.82, 2.24) is 0 Å². The predicted octanol–water partition coefficient (Wildman–Crippen LogP) is 2.74. The molecule has 1 aromatic rings. The van der Waals surface area contributed by atoms with Crippen molar-refractivity contribution < 1.29 is 13.2 Å². The second-order valence-electron chi connectivity index (χ2n) is 3.30. The maximum atomic E-state index is 13.2. The summed E-state index contributed by atoms with van der Waals surface area (Å²) in [5, 5.41) is 8.50. The molecule has 0 unspecified atom stereocenters. The number of rotatable bonds is 0. The Labute approximate surface area is 78.8 Å². The highest BCUT2D eigenvalue weighted by atomic mass is 19.3. The smallest absolute Gasteiger partial charge is 0.207 e. The first-order valence-electron chi connectivity index (χ1n) is 4.15. The quantitative estimate of drug-likeness (QED) is 0.627. The molecule has 0 heterocycles. The number of hydrogen-bond acceptors (Lipinski definition) is 1. The average molecular weight is 197 g/mol. The predicted molar refractivity (Wildman–Crippen MR) is 43.3 cm³/mol. The summed E-state index contributed by atoms with van der Waals surface area (Å²) in [7, 11) is 0. The van der Waals surface area contributed by atoms with Crippen LogP contribution in [0.5, 0.6) is 0 Å². The number of hydrogen-bond donors (Lipinski definition) is 0. The molecule has 0 aromatic heterocycles. The number of halogens is 3. The van der Waals surface area contributed by atoms with Gasteiger partial charge >= 0.3 is 0 Å². The van der Waals surface area contributed by atoms with E-state index in [9.17, 15) is 13.2 Å². The van der Waals surface area contributed by atoms with Crippen LogP contribution < -0.4 is 0 Å². The molecular weight excluding hydrogens is 191 g/mol. The van der Waals surface area contributed by atoms with Crippen molar-refractivity contribution in [3.05, 3.63) is 34.6 Å². The van der Waals surface area contributed by atoms with Gasteiger partial charge in [-0.3, -0.25) is 0 Å². The van der Waals surface area contributed by atoms with Gasteiger partial charge in [-0.05, 0) is 24.1 Å². The van der Waals surface area contributed by atoms with Gasteiger partial charge in [-0.1, -0.05) is 0 Å². The Bertz CT molecular complexity index is 432. The van der Waals surface area contributed by atoms with E-state index in [0.717, 1.165) is 12.1 Å². The first-order valence-corrected chi connectivity index (χ1v) is 4.15. The van der Waals surface area contributed by atoms with E-state index >= 15 is 0 Å². The lowest BCUT2D eigenvalue weighted by atomic mass is 10.1. The van der Waals surface area contributed by atoms with Crippen LogP contribution in [0.2, 0.25) is 0 Å². The van der Waals surface area contributed by atoms with Gasteiger partial charge in [0.15, 0.2) is 0 Å². The van der Waals surface area contributed by atoms with Crippen LogP contribution in [0.4, 0.5) is 13.2 Å². The van der Waals surface area contributed by atoms with Gasteiger partial charge in [0.1, 0.15) is 5.82 Å². The summed E-state index contributed by atoms with van der Waals surface area (Å²) in [6, 6.07) is 3.74. The third-order valence-electron chi connectivity index (χ3n) is 2.41. The molecule has 0 radical (unpaired) electrons. The zero-order valence-corrected chi connectivity index (χ0v) is 7.15. The lowest BCUT2D eigenvalue weighted by Crippen LogP contribution is -2.08. The van der Waals surface area contributed by atoms with Gasteiger partial charge in [-0.25, -0.2) is 13.2 Å². The SMILES string of the molecule is N#Cc1cc(F)c2c(c1)C(F)(F)CC2. The third-order valence-corrected chi connectivity index (χ3v) is 2.41. The van der Waals surface area contributed by atoms with E-state index in [2.05, 4.69) is 0 Å². The molecule has 72 valence electrons. The molecule has 0 N–H and O–H groups in total. The topological polar surface area (TPSA) is 23.8 Å². The van der Waals surface area contributed by atoms with E-state index in [1.54, 1.807) is 6.07 Å². The Kier molecular flexibility index (Phi) is 1.78. The summed E-state index contributed by atoms with van der Waals surface area (Å²) < 4.78 is 39.5. The lowest BCUT2D eigenvalue weighted by Gasteiger charge is -2.09. The Morgan fingerprint density at radius 2 is 2.07 bits per heavy atom. The van der Waals surface area contributed by atoms with Crippen LogP contribution in [-0.2, 0) is 12.3 Å². The van der Waals surface area contributed by atoms with Gasteiger partial charge in [0.05, 0.1) is 11.6 Å². The minimum atomic E-state index is -2.98. The lowest BCUT2D eigenvalue weighted by molar-refractivity contribution is -0.00189. The van der Waals surface area contributed by atoms with Gasteiger partial charge in [-0.15, -0.1) is 0 Å². The number of fused-ring (bicyclic) bond motifs is 1. The Hall–Kier alpha value is -1.50. The fraction of sp³-hybridized carbons (Fsp3) is 0.300. The summed E-state index contributed by atoms with van der Waals surface area (Å²) in [6.45, 7) is 0. The molecule has 1 aliphatic rings. The van der Waals surface area contributed by atoms with Gasteiger partial charge in [-0.2, -0.15) is 5.26 Å². The molecule has 1 aliphatic carbocycles. The largest absolute Gasteiger partial charge is 0.274 e. The molecule has 0 aliphatic heterocycles. The molecule has 0 fully saturated rings. The summed E-state index contributed by atoms with van der Waals surface area (Å²) in [5.41, 5.74) is -0.328. The normalized spacial score (nSPS) is 17.6. The number of nitrogens with zero attached hydrogens (tertiary/aromatic N) is 1. The van der Waals surface area contributed by atoms with Crippen molar-refractivity contribution in [2.75, 3.05) is 0 Å². The van der Waals surface area contributed by atoms with Crippen molar-refractivity contribution in [2.24, 2.45) is 0 Å². The summed E-state index contributed by atoms with van der Waals surface area (Å²) in [4.78, 5) is 0. The van der Waals surface area contributed by atoms with Crippen molar-refractivity contribution in [2.45, 2.75) is 18.8 Å². The summed E-state index contributed by atoms with van der Waals surface area (Å²) in [6.07, 6.45) is -0.325. The Balaban J connectivity index is 2.67. The first kappa shape index (κ1) is 9.07. The van der Waals surface area contributed by atoms with E-state index in [1.807, 2.05) is 0 Å². The van der Waals surface area contributed by atoms with Crippen molar-refractivity contribution in [3.63, 3.8) is 0 Å². The van der Waals surface area contributed by atoms with E-state index in [-0.39, 0.29) is 29.5 Å². The van der Waals surface area contributed by atoms with Crippen LogP contribution in [0.15, 0.2) is 12.1 Å². The highest BCUT2D eigenvalue weighted by Crippen LogP contribution is 2.42. The van der Waals surface area contributed by atoms with E-state index in [1.165, 1.54) is 0 Å². The highest BCUT2D eigenvalue weighted by Gasteiger charge is 2.40. The van der Waals surface area contributed by atoms with Gasteiger partial charge in [0.2, 0.25) is 0 Å². The van der Waals surface area contributed by atoms with Crippen molar-refractivity contribution >= 4 is 0 Å². The maximum absolute atomic E-state index is 13.2. The fourth-order valence-corrected chi connectivity index (χ4v) is 1.70. The molecule has 4 heteroatoms. The average Bonchev–Trinajstić information content (AvgIpc) is 2.43. The molecule has 2 rings (SSSR count). The fourth-order valence-electron chi connectivity index (χ4n) is 1.70. The number of alkyl halides is 2. The minimum Gasteiger partial charge on any atom is -0.207 e. The number of benzene rings is 1. The zero-order chi connectivity index (χ0) is 10.3. The minimum absolute atomic E-state index is 0.0415. The van der Waals surface area contributed by atoms with E-state index in [0.29, 0.717) is 0 Å². The molecule has 0 amide bonds. The monoisotopic (exact) mass is 197 g/mol. The molecule has 0 atom stereocenters. The van der Waals surface area contributed by atoms with Gasteiger partial charge < -0.3 is 0 Å². The Morgan fingerprint density at radius 1 is 1.36 bits per heavy atom. The number of nitriles is 1. The summed E-state index contributed by atoms with van der Waals surface area (Å²) in [5.74, 6) is -3.68. The van der Waals surface area contributed by atoms with Crippen LogP contribution in [0.3, 0.4) is 0 Å². The molecule has 14 heavy (non-hydrogen) atoms. The van der Waals surface area contributed by atoms with Crippen molar-refractivity contribution in [3.8, 4) is 6.07 Å². The second kappa shape index (κ2) is 2.74. The molecular formula is C10H6F3N. The zero-order valence-electron chi connectivity index (χ0n) is 7.15.